The molecule has 1 aliphatic rings. The van der Waals surface area contributed by atoms with E-state index in [1.807, 2.05) is 24.3 Å². The first-order chi connectivity index (χ1) is 13.2. The van der Waals surface area contributed by atoms with Crippen LogP contribution in [0.1, 0.15) is 42.7 Å². The summed E-state index contributed by atoms with van der Waals surface area (Å²) < 4.78 is 26.6. The summed E-state index contributed by atoms with van der Waals surface area (Å²) in [5.74, 6) is -0.333. The predicted molar refractivity (Wildman–Crippen MR) is 108 cm³/mol. The molecule has 142 valence electrons. The molecule has 2 aromatic carbocycles. The zero-order valence-corrected chi connectivity index (χ0v) is 16.1. The second-order valence-electron chi connectivity index (χ2n) is 7.09. The van der Waals surface area contributed by atoms with Gasteiger partial charge in [0.2, 0.25) is 0 Å². The van der Waals surface area contributed by atoms with E-state index in [2.05, 4.69) is 15.1 Å². The van der Waals surface area contributed by atoms with Crippen molar-refractivity contribution in [2.75, 3.05) is 19.6 Å². The largest absolute Gasteiger partial charge is 0.303 e. The Morgan fingerprint density at radius 1 is 0.963 bits per heavy atom. The third kappa shape index (κ3) is 5.77. The van der Waals surface area contributed by atoms with Crippen molar-refractivity contribution in [2.45, 2.75) is 37.6 Å². The van der Waals surface area contributed by atoms with Gasteiger partial charge in [-0.05, 0) is 79.8 Å². The Morgan fingerprint density at radius 3 is 1.96 bits per heavy atom. The molecule has 0 unspecified atom stereocenters. The van der Waals surface area contributed by atoms with Gasteiger partial charge in [-0.15, -0.1) is 0 Å². The van der Waals surface area contributed by atoms with E-state index in [0.717, 1.165) is 56.4 Å². The summed E-state index contributed by atoms with van der Waals surface area (Å²) in [4.78, 5) is 6.66. The van der Waals surface area contributed by atoms with Crippen LogP contribution >= 0.6 is 12.2 Å². The monoisotopic (exact) mass is 386 g/mol. The summed E-state index contributed by atoms with van der Waals surface area (Å²) in [6.45, 7) is 3.08. The highest BCUT2D eigenvalue weighted by molar-refractivity contribution is 7.78. The van der Waals surface area contributed by atoms with Crippen LogP contribution in [0.15, 0.2) is 53.5 Å². The maximum Gasteiger partial charge on any atom is 0.123 e. The van der Waals surface area contributed by atoms with E-state index in [4.69, 9.17) is 12.2 Å². The smallest absolute Gasteiger partial charge is 0.123 e. The van der Waals surface area contributed by atoms with Gasteiger partial charge in [-0.1, -0.05) is 24.3 Å². The van der Waals surface area contributed by atoms with Gasteiger partial charge in [0.1, 0.15) is 11.6 Å². The number of nitrogens with zero attached hydrogens (tertiary/aromatic N) is 2. The average molecular weight is 387 g/mol. The van der Waals surface area contributed by atoms with E-state index in [-0.39, 0.29) is 17.6 Å². The maximum atomic E-state index is 13.3. The summed E-state index contributed by atoms with van der Waals surface area (Å²) in [5.41, 5.74) is 2.13. The lowest BCUT2D eigenvalue weighted by Gasteiger charge is -2.30. The lowest BCUT2D eigenvalue weighted by Crippen LogP contribution is -2.35. The maximum absolute atomic E-state index is 13.3. The zero-order valence-electron chi connectivity index (χ0n) is 15.3. The average Bonchev–Trinajstić information content (AvgIpc) is 2.69. The standard InChI is InChI=1S/C22H24F2N2S/c23-19-7-3-17(4-8-19)22(18-5-9-20(24)10-6-18)2-1-13-26-14-11-21(12-15-26)25-16-27/h3-10,21-22H,1-2,11-15H2. The molecule has 0 amide bonds. The SMILES string of the molecule is Fc1ccc(C(CCCN2CCC(N=C=S)CC2)c2ccc(F)cc2)cc1. The first-order valence-corrected chi connectivity index (χ1v) is 9.87. The van der Waals surface area contributed by atoms with Gasteiger partial charge in [-0.2, -0.15) is 0 Å². The normalized spacial score (nSPS) is 15.7. The highest BCUT2D eigenvalue weighted by Crippen LogP contribution is 2.30. The zero-order chi connectivity index (χ0) is 19.1. The molecular weight excluding hydrogens is 362 g/mol. The molecular formula is C22H24F2N2S. The Labute approximate surface area is 164 Å². The minimum atomic E-state index is -0.238. The first-order valence-electron chi connectivity index (χ1n) is 9.46. The fourth-order valence-corrected chi connectivity index (χ4v) is 3.93. The third-order valence-corrected chi connectivity index (χ3v) is 5.41. The number of rotatable bonds is 7. The number of piperidine rings is 1. The van der Waals surface area contributed by atoms with Crippen LogP contribution in [-0.2, 0) is 0 Å². The van der Waals surface area contributed by atoms with Gasteiger partial charge in [0, 0.05) is 19.0 Å². The van der Waals surface area contributed by atoms with E-state index in [1.54, 1.807) is 0 Å². The Bertz CT molecular complexity index is 716. The van der Waals surface area contributed by atoms with E-state index < -0.39 is 0 Å². The highest BCUT2D eigenvalue weighted by atomic mass is 32.1. The lowest BCUT2D eigenvalue weighted by atomic mass is 9.87. The van der Waals surface area contributed by atoms with Crippen molar-refractivity contribution in [1.82, 2.24) is 4.90 Å². The van der Waals surface area contributed by atoms with Crippen LogP contribution in [0.5, 0.6) is 0 Å². The van der Waals surface area contributed by atoms with Gasteiger partial charge < -0.3 is 4.90 Å². The molecule has 2 nitrogen and oxygen atoms in total. The number of hydrogen-bond acceptors (Lipinski definition) is 3. The van der Waals surface area contributed by atoms with Crippen LogP contribution in [0.4, 0.5) is 8.78 Å². The van der Waals surface area contributed by atoms with Crippen molar-refractivity contribution in [3.05, 3.63) is 71.3 Å². The van der Waals surface area contributed by atoms with Crippen molar-refractivity contribution < 1.29 is 8.78 Å². The summed E-state index contributed by atoms with van der Waals surface area (Å²) in [7, 11) is 0. The molecule has 5 heteroatoms. The van der Waals surface area contributed by atoms with Crippen LogP contribution in [0, 0.1) is 11.6 Å². The second kappa shape index (κ2) is 9.84. The molecule has 0 aromatic heterocycles. The molecule has 0 aliphatic carbocycles. The summed E-state index contributed by atoms with van der Waals surface area (Å²) >= 11 is 4.69. The van der Waals surface area contributed by atoms with Gasteiger partial charge in [0.05, 0.1) is 11.2 Å². The van der Waals surface area contributed by atoms with Gasteiger partial charge >= 0.3 is 0 Å². The van der Waals surface area contributed by atoms with E-state index in [0.29, 0.717) is 6.04 Å². The van der Waals surface area contributed by atoms with Crippen molar-refractivity contribution in [2.24, 2.45) is 4.99 Å². The molecule has 1 fully saturated rings. The van der Waals surface area contributed by atoms with E-state index in [1.165, 1.54) is 24.3 Å². The molecule has 1 aliphatic heterocycles. The van der Waals surface area contributed by atoms with Crippen molar-refractivity contribution >= 4 is 17.4 Å². The molecule has 0 N–H and O–H groups in total. The molecule has 3 rings (SSSR count). The van der Waals surface area contributed by atoms with Crippen LogP contribution in [0.2, 0.25) is 0 Å². The Balaban J connectivity index is 1.61. The summed E-state index contributed by atoms with van der Waals surface area (Å²) in [6, 6.07) is 13.6. The minimum Gasteiger partial charge on any atom is -0.303 e. The molecule has 27 heavy (non-hydrogen) atoms. The number of hydrogen-bond donors (Lipinski definition) is 0. The van der Waals surface area contributed by atoms with Gasteiger partial charge in [-0.25, -0.2) is 13.8 Å². The number of aliphatic imine (C=N–C) groups is 1. The quantitative estimate of drug-likeness (QED) is 0.465. The van der Waals surface area contributed by atoms with Crippen molar-refractivity contribution in [1.29, 1.82) is 0 Å². The molecule has 2 aromatic rings. The van der Waals surface area contributed by atoms with Crippen molar-refractivity contribution in [3.63, 3.8) is 0 Å². The van der Waals surface area contributed by atoms with Crippen LogP contribution in [0.25, 0.3) is 0 Å². The number of thiocarbonyl (C=S) groups is 1. The Hall–Kier alpha value is -1.94. The van der Waals surface area contributed by atoms with Crippen LogP contribution in [0.3, 0.4) is 0 Å². The molecule has 0 atom stereocenters. The van der Waals surface area contributed by atoms with E-state index in [9.17, 15) is 8.78 Å². The minimum absolute atomic E-state index is 0.142. The molecule has 0 saturated carbocycles. The van der Waals surface area contributed by atoms with Gasteiger partial charge in [-0.3, -0.25) is 0 Å². The molecule has 1 saturated heterocycles. The third-order valence-electron chi connectivity index (χ3n) is 5.30. The lowest BCUT2D eigenvalue weighted by molar-refractivity contribution is 0.210. The topological polar surface area (TPSA) is 15.6 Å². The number of isothiocyanates is 1. The fraction of sp³-hybridized carbons (Fsp3) is 0.409. The Kier molecular flexibility index (Phi) is 7.22. The van der Waals surface area contributed by atoms with Crippen LogP contribution in [-0.4, -0.2) is 35.7 Å². The number of halogens is 2. The summed E-state index contributed by atoms with van der Waals surface area (Å²) in [5, 5.41) is 2.49. The first kappa shape index (κ1) is 19.8. The highest BCUT2D eigenvalue weighted by Gasteiger charge is 2.19. The number of likely N-dealkylation sites (tertiary alicyclic amines) is 1. The van der Waals surface area contributed by atoms with Gasteiger partial charge in [0.15, 0.2) is 0 Å². The molecule has 1 heterocycles. The molecule has 0 spiro atoms. The predicted octanol–water partition coefficient (Wildman–Crippen LogP) is 5.44. The molecule has 0 bridgehead atoms. The fourth-order valence-electron chi connectivity index (χ4n) is 3.78. The number of benzene rings is 2. The van der Waals surface area contributed by atoms with Crippen LogP contribution < -0.4 is 0 Å². The van der Waals surface area contributed by atoms with Crippen molar-refractivity contribution in [3.8, 4) is 0 Å². The van der Waals surface area contributed by atoms with E-state index >= 15 is 0 Å². The van der Waals surface area contributed by atoms with Gasteiger partial charge in [0.25, 0.3) is 0 Å². The Morgan fingerprint density at radius 2 is 1.48 bits per heavy atom. The second-order valence-corrected chi connectivity index (χ2v) is 7.27. The molecule has 0 radical (unpaired) electrons. The summed E-state index contributed by atoms with van der Waals surface area (Å²) in [6.07, 6.45) is 4.03.